The molecule has 1 fully saturated rings. The summed E-state index contributed by atoms with van der Waals surface area (Å²) < 4.78 is 26.8. The number of nitrogens with one attached hydrogen (secondary N) is 2. The fourth-order valence-electron chi connectivity index (χ4n) is 2.13. The van der Waals surface area contributed by atoms with Crippen molar-refractivity contribution in [1.82, 2.24) is 5.32 Å². The van der Waals surface area contributed by atoms with E-state index in [0.717, 1.165) is 25.1 Å². The van der Waals surface area contributed by atoms with Gasteiger partial charge in [0.15, 0.2) is 0 Å². The van der Waals surface area contributed by atoms with Gasteiger partial charge in [0.1, 0.15) is 17.3 Å². The molecule has 1 aliphatic rings. The van der Waals surface area contributed by atoms with E-state index in [4.69, 9.17) is 0 Å². The van der Waals surface area contributed by atoms with Gasteiger partial charge in [0.05, 0.1) is 6.04 Å². The maximum atomic E-state index is 13.4. The van der Waals surface area contributed by atoms with Crippen LogP contribution in [0.2, 0.25) is 0 Å². The summed E-state index contributed by atoms with van der Waals surface area (Å²) in [5.74, 6) is -1.46. The van der Waals surface area contributed by atoms with E-state index in [0.29, 0.717) is 12.3 Å². The van der Waals surface area contributed by atoms with Gasteiger partial charge >= 0.3 is 0 Å². The van der Waals surface area contributed by atoms with Crippen LogP contribution in [0, 0.1) is 17.6 Å². The van der Waals surface area contributed by atoms with E-state index in [9.17, 15) is 13.6 Å². The monoisotopic (exact) mass is 254 g/mol. The Morgan fingerprint density at radius 2 is 2.06 bits per heavy atom. The molecule has 2 unspecified atom stereocenters. The average Bonchev–Trinajstić information content (AvgIpc) is 2.34. The molecule has 1 saturated heterocycles. The molecule has 0 spiro atoms. The van der Waals surface area contributed by atoms with Crippen LogP contribution in [0.3, 0.4) is 0 Å². The third-order valence-corrected chi connectivity index (χ3v) is 3.19. The van der Waals surface area contributed by atoms with Crippen LogP contribution in [0.1, 0.15) is 19.8 Å². The van der Waals surface area contributed by atoms with Gasteiger partial charge < -0.3 is 10.6 Å². The van der Waals surface area contributed by atoms with Crippen LogP contribution < -0.4 is 10.6 Å². The number of amides is 1. The predicted molar refractivity (Wildman–Crippen MR) is 65.2 cm³/mol. The number of para-hydroxylation sites is 1. The van der Waals surface area contributed by atoms with E-state index in [1.807, 2.05) is 0 Å². The van der Waals surface area contributed by atoms with Crippen LogP contribution in [-0.4, -0.2) is 18.5 Å². The van der Waals surface area contributed by atoms with Gasteiger partial charge in [-0.3, -0.25) is 4.79 Å². The van der Waals surface area contributed by atoms with E-state index in [2.05, 4.69) is 17.6 Å². The summed E-state index contributed by atoms with van der Waals surface area (Å²) in [5, 5.41) is 5.37. The number of carbonyl (C=O) groups excluding carboxylic acids is 1. The lowest BCUT2D eigenvalue weighted by Gasteiger charge is -2.27. The van der Waals surface area contributed by atoms with Crippen molar-refractivity contribution in [2.75, 3.05) is 11.9 Å². The lowest BCUT2D eigenvalue weighted by molar-refractivity contribution is -0.119. The molecule has 3 nitrogen and oxygen atoms in total. The Bertz CT molecular complexity index is 430. The molecule has 0 aromatic heterocycles. The Hall–Kier alpha value is -1.49. The van der Waals surface area contributed by atoms with Crippen LogP contribution in [0.15, 0.2) is 18.2 Å². The van der Waals surface area contributed by atoms with Crippen molar-refractivity contribution >= 4 is 11.6 Å². The largest absolute Gasteiger partial charge is 0.320 e. The molecule has 18 heavy (non-hydrogen) atoms. The first-order valence-corrected chi connectivity index (χ1v) is 6.06. The third-order valence-electron chi connectivity index (χ3n) is 3.19. The second-order valence-corrected chi connectivity index (χ2v) is 4.72. The molecule has 0 aliphatic carbocycles. The van der Waals surface area contributed by atoms with Crippen molar-refractivity contribution in [2.45, 2.75) is 25.8 Å². The van der Waals surface area contributed by atoms with Gasteiger partial charge in [-0.05, 0) is 37.4 Å². The second kappa shape index (κ2) is 5.44. The first-order chi connectivity index (χ1) is 8.58. The highest BCUT2D eigenvalue weighted by Crippen LogP contribution is 2.20. The van der Waals surface area contributed by atoms with Crippen LogP contribution in [-0.2, 0) is 4.79 Å². The van der Waals surface area contributed by atoms with Gasteiger partial charge in [0.2, 0.25) is 5.91 Å². The van der Waals surface area contributed by atoms with Crippen LogP contribution in [0.5, 0.6) is 0 Å². The number of benzene rings is 1. The van der Waals surface area contributed by atoms with Crippen LogP contribution in [0.25, 0.3) is 0 Å². The molecule has 1 aromatic rings. The minimum atomic E-state index is -0.757. The minimum absolute atomic E-state index is 0.373. The zero-order valence-electron chi connectivity index (χ0n) is 10.2. The number of carbonyl (C=O) groups is 1. The van der Waals surface area contributed by atoms with E-state index >= 15 is 0 Å². The molecule has 98 valence electrons. The Balaban J connectivity index is 2.07. The molecule has 2 atom stereocenters. The molecule has 0 saturated carbocycles. The molecule has 0 radical (unpaired) electrons. The Morgan fingerprint density at radius 3 is 2.67 bits per heavy atom. The smallest absolute Gasteiger partial charge is 0.241 e. The molecule has 1 amide bonds. The summed E-state index contributed by atoms with van der Waals surface area (Å²) in [6.45, 7) is 2.81. The summed E-state index contributed by atoms with van der Waals surface area (Å²) in [4.78, 5) is 11.9. The quantitative estimate of drug-likeness (QED) is 0.850. The molecule has 1 heterocycles. The second-order valence-electron chi connectivity index (χ2n) is 4.72. The molecular weight excluding hydrogens is 238 g/mol. The molecule has 2 rings (SSSR count). The van der Waals surface area contributed by atoms with Gasteiger partial charge in [0.25, 0.3) is 0 Å². The van der Waals surface area contributed by atoms with Gasteiger partial charge in [-0.25, -0.2) is 8.78 Å². The van der Waals surface area contributed by atoms with Gasteiger partial charge in [-0.2, -0.15) is 0 Å². The fraction of sp³-hybridized carbons (Fsp3) is 0.462. The topological polar surface area (TPSA) is 41.1 Å². The Morgan fingerprint density at radius 1 is 1.39 bits per heavy atom. The highest BCUT2D eigenvalue weighted by Gasteiger charge is 2.25. The van der Waals surface area contributed by atoms with Crippen molar-refractivity contribution in [3.05, 3.63) is 29.8 Å². The van der Waals surface area contributed by atoms with Gasteiger partial charge in [0, 0.05) is 0 Å². The third kappa shape index (κ3) is 2.85. The standard InChI is InChI=1S/C13H16F2N2O/c1-8-5-6-16-11(7-8)13(18)17-12-9(14)3-2-4-10(12)15/h2-4,8,11,16H,5-7H2,1H3,(H,17,18). The maximum absolute atomic E-state index is 13.4. The summed E-state index contributed by atoms with van der Waals surface area (Å²) in [5.41, 5.74) is -0.373. The molecule has 0 bridgehead atoms. The number of hydrogen-bond donors (Lipinski definition) is 2. The summed E-state index contributed by atoms with van der Waals surface area (Å²) in [6.07, 6.45) is 1.69. The van der Waals surface area contributed by atoms with Crippen LogP contribution >= 0.6 is 0 Å². The SMILES string of the molecule is CC1CCNC(C(=O)Nc2c(F)cccc2F)C1. The Kier molecular flexibility index (Phi) is 3.91. The normalized spacial score (nSPS) is 23.7. The van der Waals surface area contributed by atoms with E-state index in [-0.39, 0.29) is 17.6 Å². The number of anilines is 1. The van der Waals surface area contributed by atoms with E-state index < -0.39 is 11.6 Å². The van der Waals surface area contributed by atoms with E-state index in [1.54, 1.807) is 0 Å². The summed E-state index contributed by atoms with van der Waals surface area (Å²) in [6, 6.07) is 3.12. The number of rotatable bonds is 2. The van der Waals surface area contributed by atoms with Crippen molar-refractivity contribution in [2.24, 2.45) is 5.92 Å². The first-order valence-electron chi connectivity index (χ1n) is 6.06. The molecule has 1 aliphatic heterocycles. The molecular formula is C13H16F2N2O. The zero-order chi connectivity index (χ0) is 13.1. The highest BCUT2D eigenvalue weighted by atomic mass is 19.1. The predicted octanol–water partition coefficient (Wildman–Crippen LogP) is 2.29. The minimum Gasteiger partial charge on any atom is -0.320 e. The fourth-order valence-corrected chi connectivity index (χ4v) is 2.13. The maximum Gasteiger partial charge on any atom is 0.241 e. The Labute approximate surface area is 105 Å². The molecule has 5 heteroatoms. The number of halogens is 2. The molecule has 2 N–H and O–H groups in total. The first kappa shape index (κ1) is 13.0. The summed E-state index contributed by atoms with van der Waals surface area (Å²) in [7, 11) is 0. The summed E-state index contributed by atoms with van der Waals surface area (Å²) >= 11 is 0. The average molecular weight is 254 g/mol. The number of piperidine rings is 1. The van der Waals surface area contributed by atoms with E-state index in [1.165, 1.54) is 6.07 Å². The van der Waals surface area contributed by atoms with Crippen LogP contribution in [0.4, 0.5) is 14.5 Å². The van der Waals surface area contributed by atoms with Crippen molar-refractivity contribution in [3.8, 4) is 0 Å². The highest BCUT2D eigenvalue weighted by molar-refractivity contribution is 5.95. The van der Waals surface area contributed by atoms with Crippen molar-refractivity contribution < 1.29 is 13.6 Å². The number of hydrogen-bond acceptors (Lipinski definition) is 2. The molecule has 1 aromatic carbocycles. The van der Waals surface area contributed by atoms with Gasteiger partial charge in [-0.1, -0.05) is 13.0 Å². The lowest BCUT2D eigenvalue weighted by atomic mass is 9.94. The van der Waals surface area contributed by atoms with Gasteiger partial charge in [-0.15, -0.1) is 0 Å². The lowest BCUT2D eigenvalue weighted by Crippen LogP contribution is -2.45. The van der Waals surface area contributed by atoms with Crippen molar-refractivity contribution in [1.29, 1.82) is 0 Å². The zero-order valence-corrected chi connectivity index (χ0v) is 10.2. The van der Waals surface area contributed by atoms with Crippen molar-refractivity contribution in [3.63, 3.8) is 0 Å².